The van der Waals surface area contributed by atoms with E-state index < -0.39 is 0 Å². The number of carbonyl (C=O) groups is 1. The molecule has 0 radical (unpaired) electrons. The summed E-state index contributed by atoms with van der Waals surface area (Å²) >= 11 is 1.69. The minimum Gasteiger partial charge on any atom is -0.374 e. The number of hydrogen-bond donors (Lipinski definition) is 0. The van der Waals surface area contributed by atoms with Gasteiger partial charge in [0.1, 0.15) is 0 Å². The van der Waals surface area contributed by atoms with Gasteiger partial charge < -0.3 is 9.80 Å². The van der Waals surface area contributed by atoms with Crippen LogP contribution in [0, 0.1) is 0 Å². The lowest BCUT2D eigenvalue weighted by molar-refractivity contribution is 0.0745. The Balaban J connectivity index is 1.84. The van der Waals surface area contributed by atoms with E-state index in [4.69, 9.17) is 0 Å². The maximum atomic E-state index is 12.7. The van der Waals surface area contributed by atoms with Crippen molar-refractivity contribution in [1.82, 2.24) is 4.90 Å². The fraction of sp³-hybridized carbons (Fsp3) is 0.353. The Morgan fingerprint density at radius 3 is 2.90 bits per heavy atom. The summed E-state index contributed by atoms with van der Waals surface area (Å²) in [6, 6.07) is 10.3. The first-order valence-electron chi connectivity index (χ1n) is 7.22. The Morgan fingerprint density at radius 1 is 1.38 bits per heavy atom. The van der Waals surface area contributed by atoms with Crippen LogP contribution in [0.15, 0.2) is 35.7 Å². The van der Waals surface area contributed by atoms with Gasteiger partial charge in [-0.3, -0.25) is 4.79 Å². The van der Waals surface area contributed by atoms with E-state index in [1.54, 1.807) is 11.3 Å². The first kappa shape index (κ1) is 14.1. The normalized spacial score (nSPS) is 14.9. The van der Waals surface area contributed by atoms with E-state index >= 15 is 0 Å². The molecule has 0 fully saturated rings. The quantitative estimate of drug-likeness (QED) is 0.865. The lowest BCUT2D eigenvalue weighted by Gasteiger charge is -2.24. The van der Waals surface area contributed by atoms with E-state index in [1.807, 2.05) is 30.1 Å². The second kappa shape index (κ2) is 5.53. The Labute approximate surface area is 129 Å². The van der Waals surface area contributed by atoms with Gasteiger partial charge in [-0.2, -0.15) is 0 Å². The second-order valence-corrected chi connectivity index (χ2v) is 6.60. The molecular formula is C17H20N2OS. The van der Waals surface area contributed by atoms with E-state index in [0.29, 0.717) is 0 Å². The Kier molecular flexibility index (Phi) is 3.72. The largest absolute Gasteiger partial charge is 0.374 e. The number of nitrogens with zero attached hydrogens (tertiary/aromatic N) is 2. The summed E-state index contributed by atoms with van der Waals surface area (Å²) in [5, 5.41) is 2.05. The highest BCUT2D eigenvalue weighted by atomic mass is 32.1. The van der Waals surface area contributed by atoms with E-state index in [1.165, 1.54) is 16.1 Å². The maximum absolute atomic E-state index is 12.7. The fourth-order valence-corrected chi connectivity index (χ4v) is 3.60. The lowest BCUT2D eigenvalue weighted by atomic mass is 10.1. The highest BCUT2D eigenvalue weighted by Crippen LogP contribution is 2.29. The predicted molar refractivity (Wildman–Crippen MR) is 88.2 cm³/mol. The molecule has 0 N–H and O–H groups in total. The number of fused-ring (bicyclic) bond motifs is 1. The van der Waals surface area contributed by atoms with Gasteiger partial charge in [-0.05, 0) is 42.5 Å². The SMILES string of the molecule is C[C@H](c1cccs1)N(C)C(=O)c1ccc2c(c1)N(C)CC2. The number of anilines is 1. The zero-order chi connectivity index (χ0) is 15.0. The van der Waals surface area contributed by atoms with Gasteiger partial charge in [0.2, 0.25) is 0 Å². The smallest absolute Gasteiger partial charge is 0.254 e. The molecule has 2 heterocycles. The van der Waals surface area contributed by atoms with Crippen molar-refractivity contribution in [2.75, 3.05) is 25.5 Å². The van der Waals surface area contributed by atoms with Gasteiger partial charge in [-0.1, -0.05) is 12.1 Å². The van der Waals surface area contributed by atoms with Crippen molar-refractivity contribution in [3.8, 4) is 0 Å². The minimum absolute atomic E-state index is 0.0824. The fourth-order valence-electron chi connectivity index (χ4n) is 2.77. The zero-order valence-corrected chi connectivity index (χ0v) is 13.5. The Hall–Kier alpha value is -1.81. The van der Waals surface area contributed by atoms with Gasteiger partial charge in [-0.25, -0.2) is 0 Å². The van der Waals surface area contributed by atoms with E-state index in [-0.39, 0.29) is 11.9 Å². The lowest BCUT2D eigenvalue weighted by Crippen LogP contribution is -2.29. The number of carbonyl (C=O) groups excluding carboxylic acids is 1. The van der Waals surface area contributed by atoms with E-state index in [9.17, 15) is 4.79 Å². The molecule has 1 amide bonds. The number of rotatable bonds is 3. The Bertz CT molecular complexity index is 651. The van der Waals surface area contributed by atoms with Crippen LogP contribution in [0.1, 0.15) is 33.8 Å². The highest BCUT2D eigenvalue weighted by molar-refractivity contribution is 7.10. The molecule has 1 aliphatic rings. The van der Waals surface area contributed by atoms with Crippen LogP contribution in [0.2, 0.25) is 0 Å². The van der Waals surface area contributed by atoms with Gasteiger partial charge in [-0.15, -0.1) is 11.3 Å². The summed E-state index contributed by atoms with van der Waals surface area (Å²) in [6.45, 7) is 3.11. The molecule has 3 rings (SSSR count). The van der Waals surface area contributed by atoms with Crippen LogP contribution in [-0.4, -0.2) is 31.4 Å². The molecule has 0 saturated heterocycles. The first-order chi connectivity index (χ1) is 10.1. The molecule has 0 unspecified atom stereocenters. The molecule has 1 aromatic heterocycles. The van der Waals surface area contributed by atoms with Crippen molar-refractivity contribution < 1.29 is 4.79 Å². The third kappa shape index (κ3) is 2.56. The highest BCUT2D eigenvalue weighted by Gasteiger charge is 2.22. The average molecular weight is 300 g/mol. The molecular weight excluding hydrogens is 280 g/mol. The molecule has 0 saturated carbocycles. The zero-order valence-electron chi connectivity index (χ0n) is 12.7. The van der Waals surface area contributed by atoms with E-state index in [0.717, 1.165) is 18.5 Å². The molecule has 0 bridgehead atoms. The molecule has 1 atom stereocenters. The number of amides is 1. The van der Waals surface area contributed by atoms with Gasteiger partial charge in [0, 0.05) is 36.8 Å². The van der Waals surface area contributed by atoms with E-state index in [2.05, 4.69) is 36.4 Å². The topological polar surface area (TPSA) is 23.6 Å². The Morgan fingerprint density at radius 2 is 2.19 bits per heavy atom. The summed E-state index contributed by atoms with van der Waals surface area (Å²) in [5.41, 5.74) is 3.30. The van der Waals surface area contributed by atoms with Crippen LogP contribution in [0.25, 0.3) is 0 Å². The van der Waals surface area contributed by atoms with Crippen molar-refractivity contribution in [2.45, 2.75) is 19.4 Å². The minimum atomic E-state index is 0.0824. The van der Waals surface area contributed by atoms with Crippen LogP contribution in [0.5, 0.6) is 0 Å². The predicted octanol–water partition coefficient (Wildman–Crippen LogP) is 3.57. The number of likely N-dealkylation sites (N-methyl/N-ethyl adjacent to an activating group) is 1. The molecule has 110 valence electrons. The van der Waals surface area contributed by atoms with Crippen LogP contribution < -0.4 is 4.90 Å². The first-order valence-corrected chi connectivity index (χ1v) is 8.10. The van der Waals surface area contributed by atoms with Gasteiger partial charge in [0.25, 0.3) is 5.91 Å². The van der Waals surface area contributed by atoms with Crippen LogP contribution in [0.3, 0.4) is 0 Å². The third-order valence-corrected chi connectivity index (χ3v) is 5.36. The van der Waals surface area contributed by atoms with Gasteiger partial charge >= 0.3 is 0 Å². The van der Waals surface area contributed by atoms with Gasteiger partial charge in [0.05, 0.1) is 6.04 Å². The standard InChI is InChI=1S/C17H20N2OS/c1-12(16-5-4-10-21-16)19(3)17(20)14-7-6-13-8-9-18(2)15(13)11-14/h4-7,10-12H,8-9H2,1-3H3/t12-/m1/s1. The second-order valence-electron chi connectivity index (χ2n) is 5.62. The maximum Gasteiger partial charge on any atom is 0.254 e. The van der Waals surface area contributed by atoms with Crippen molar-refractivity contribution >= 4 is 22.9 Å². The van der Waals surface area contributed by atoms with Crippen molar-refractivity contribution in [2.24, 2.45) is 0 Å². The molecule has 4 heteroatoms. The average Bonchev–Trinajstić information content (AvgIpc) is 3.15. The van der Waals surface area contributed by atoms with Crippen LogP contribution in [0.4, 0.5) is 5.69 Å². The molecule has 1 aliphatic heterocycles. The van der Waals surface area contributed by atoms with Crippen LogP contribution in [-0.2, 0) is 6.42 Å². The number of hydrogen-bond acceptors (Lipinski definition) is 3. The van der Waals surface area contributed by atoms with Gasteiger partial charge in [0.15, 0.2) is 0 Å². The summed E-state index contributed by atoms with van der Waals surface area (Å²) in [5.74, 6) is 0.0824. The van der Waals surface area contributed by atoms with Crippen molar-refractivity contribution in [3.05, 3.63) is 51.7 Å². The summed E-state index contributed by atoms with van der Waals surface area (Å²) in [7, 11) is 3.96. The molecule has 2 aromatic rings. The molecule has 0 spiro atoms. The molecule has 3 nitrogen and oxygen atoms in total. The number of thiophene rings is 1. The summed E-state index contributed by atoms with van der Waals surface area (Å²) in [4.78, 5) is 18.0. The number of benzene rings is 1. The molecule has 0 aliphatic carbocycles. The van der Waals surface area contributed by atoms with Crippen molar-refractivity contribution in [3.63, 3.8) is 0 Å². The monoisotopic (exact) mass is 300 g/mol. The molecule has 1 aromatic carbocycles. The summed E-state index contributed by atoms with van der Waals surface area (Å²) < 4.78 is 0. The third-order valence-electron chi connectivity index (χ3n) is 4.32. The van der Waals surface area contributed by atoms with Crippen molar-refractivity contribution in [1.29, 1.82) is 0 Å². The van der Waals surface area contributed by atoms with Crippen LogP contribution >= 0.6 is 11.3 Å². The molecule has 21 heavy (non-hydrogen) atoms. The summed E-state index contributed by atoms with van der Waals surface area (Å²) in [6.07, 6.45) is 1.07.